The summed E-state index contributed by atoms with van der Waals surface area (Å²) in [5, 5.41) is 0. The van der Waals surface area contributed by atoms with Crippen LogP contribution in [0, 0.1) is 0 Å². The summed E-state index contributed by atoms with van der Waals surface area (Å²) >= 11 is 0. The molecule has 0 aliphatic heterocycles. The van der Waals surface area contributed by atoms with E-state index in [0.717, 1.165) is 0 Å². The van der Waals surface area contributed by atoms with Gasteiger partial charge in [0, 0.05) is 22.4 Å². The van der Waals surface area contributed by atoms with E-state index in [1.165, 1.54) is 0 Å². The first kappa shape index (κ1) is 11.4. The monoisotopic (exact) mass is 321 g/mol. The zero-order chi connectivity index (χ0) is 5.91. The van der Waals surface area contributed by atoms with Crippen molar-refractivity contribution in [3.8, 4) is 0 Å². The van der Waals surface area contributed by atoms with E-state index in [9.17, 15) is 8.42 Å². The summed E-state index contributed by atoms with van der Waals surface area (Å²) in [4.78, 5) is 0. The number of hydrogen-bond donors (Lipinski definition) is 1. The fraction of sp³-hybridized carbons (Fsp3) is 1.00. The molecule has 0 aromatic heterocycles. The Hall–Kier alpha value is 0.650. The van der Waals surface area contributed by atoms with Crippen LogP contribution in [0.1, 0.15) is 13.3 Å². The molecule has 0 aliphatic carbocycles. The van der Waals surface area contributed by atoms with Crippen molar-refractivity contribution in [2.75, 3.05) is 5.75 Å². The van der Waals surface area contributed by atoms with Gasteiger partial charge >= 0.3 is 0 Å². The van der Waals surface area contributed by atoms with Crippen molar-refractivity contribution in [2.24, 2.45) is 0 Å². The second-order valence-electron chi connectivity index (χ2n) is 1.29. The van der Waals surface area contributed by atoms with Gasteiger partial charge in [0.1, 0.15) is 0 Å². The number of rotatable bonds is 2. The molecule has 8 heavy (non-hydrogen) atoms. The van der Waals surface area contributed by atoms with Gasteiger partial charge in [-0.05, 0) is 6.42 Å². The van der Waals surface area contributed by atoms with E-state index >= 15 is 0 Å². The van der Waals surface area contributed by atoms with E-state index in [1.54, 1.807) is 6.92 Å². The van der Waals surface area contributed by atoms with E-state index in [4.69, 9.17) is 4.55 Å². The summed E-state index contributed by atoms with van der Waals surface area (Å²) in [6.07, 6.45) is 0.471. The van der Waals surface area contributed by atoms with Crippen LogP contribution in [0.2, 0.25) is 0 Å². The molecule has 0 saturated carbocycles. The topological polar surface area (TPSA) is 54.4 Å². The van der Waals surface area contributed by atoms with Crippen LogP contribution in [-0.4, -0.2) is 18.7 Å². The maximum Gasteiger partial charge on any atom is 0.264 e. The summed E-state index contributed by atoms with van der Waals surface area (Å²) in [5.41, 5.74) is 0. The van der Waals surface area contributed by atoms with Gasteiger partial charge in [-0.3, -0.25) is 4.55 Å². The van der Waals surface area contributed by atoms with Crippen molar-refractivity contribution in [1.29, 1.82) is 0 Å². The Morgan fingerprint density at radius 2 is 1.88 bits per heavy atom. The first-order valence-corrected chi connectivity index (χ1v) is 3.62. The van der Waals surface area contributed by atoms with Crippen molar-refractivity contribution < 1.29 is 35.4 Å². The molecule has 0 aliphatic rings. The maximum atomic E-state index is 9.79. The van der Waals surface area contributed by atoms with Crippen molar-refractivity contribution >= 4 is 10.1 Å². The summed E-state index contributed by atoms with van der Waals surface area (Å²) in [5.74, 6) is -0.132. The third-order valence-corrected chi connectivity index (χ3v) is 1.39. The van der Waals surface area contributed by atoms with Crippen LogP contribution in [0.3, 0.4) is 0 Å². The first-order chi connectivity index (χ1) is 3.06. The zero-order valence-corrected chi connectivity index (χ0v) is 7.37. The SMILES string of the molecule is CCCS(=O)(=O)O.[Au]. The van der Waals surface area contributed by atoms with Gasteiger partial charge in [0.25, 0.3) is 10.1 Å². The molecular formula is C3H8AuO3S. The van der Waals surface area contributed by atoms with Crippen molar-refractivity contribution in [3.05, 3.63) is 0 Å². The van der Waals surface area contributed by atoms with Gasteiger partial charge in [0.15, 0.2) is 0 Å². The molecule has 0 heterocycles. The van der Waals surface area contributed by atoms with Gasteiger partial charge in [-0.1, -0.05) is 6.92 Å². The molecule has 0 rings (SSSR count). The van der Waals surface area contributed by atoms with Crippen LogP contribution >= 0.6 is 0 Å². The molecule has 5 heteroatoms. The largest absolute Gasteiger partial charge is 0.286 e. The summed E-state index contributed by atoms with van der Waals surface area (Å²) in [7, 11) is -3.67. The number of hydrogen-bond acceptors (Lipinski definition) is 2. The summed E-state index contributed by atoms with van der Waals surface area (Å²) < 4.78 is 27.6. The Kier molecular flexibility index (Phi) is 6.47. The predicted molar refractivity (Wildman–Crippen MR) is 26.7 cm³/mol. The smallest absolute Gasteiger partial charge is 0.264 e. The third kappa shape index (κ3) is 9.82. The van der Waals surface area contributed by atoms with Gasteiger partial charge in [-0.15, -0.1) is 0 Å². The Bertz CT molecular complexity index is 127. The molecule has 3 nitrogen and oxygen atoms in total. The van der Waals surface area contributed by atoms with Crippen LogP contribution in [0.5, 0.6) is 0 Å². The summed E-state index contributed by atoms with van der Waals surface area (Å²) in [6.45, 7) is 1.69. The van der Waals surface area contributed by atoms with Crippen molar-refractivity contribution in [3.63, 3.8) is 0 Å². The van der Waals surface area contributed by atoms with Crippen LogP contribution in [-0.2, 0) is 32.5 Å². The quantitative estimate of drug-likeness (QED) is 0.587. The Labute approximate surface area is 64.7 Å². The molecule has 0 aromatic rings. The Morgan fingerprint density at radius 3 is 1.88 bits per heavy atom. The normalized spacial score (nSPS) is 10.2. The molecule has 0 amide bonds. The van der Waals surface area contributed by atoms with E-state index in [-0.39, 0.29) is 28.1 Å². The molecule has 0 fully saturated rings. The fourth-order valence-corrected chi connectivity index (χ4v) is 0.774. The summed E-state index contributed by atoms with van der Waals surface area (Å²) in [6, 6.07) is 0. The molecule has 0 spiro atoms. The molecule has 0 saturated heterocycles. The van der Waals surface area contributed by atoms with Crippen molar-refractivity contribution in [2.45, 2.75) is 13.3 Å². The van der Waals surface area contributed by atoms with E-state index in [0.29, 0.717) is 6.42 Å². The molecule has 0 bridgehead atoms. The van der Waals surface area contributed by atoms with E-state index in [2.05, 4.69) is 0 Å². The maximum absolute atomic E-state index is 9.79. The van der Waals surface area contributed by atoms with Crippen LogP contribution < -0.4 is 0 Å². The Morgan fingerprint density at radius 1 is 1.50 bits per heavy atom. The molecule has 1 radical (unpaired) electrons. The fourth-order valence-electron chi connectivity index (χ4n) is 0.258. The molecule has 1 N–H and O–H groups in total. The third-order valence-electron chi connectivity index (χ3n) is 0.462. The van der Waals surface area contributed by atoms with Crippen LogP contribution in [0.15, 0.2) is 0 Å². The van der Waals surface area contributed by atoms with Gasteiger partial charge in [-0.2, -0.15) is 8.42 Å². The standard InChI is InChI=1S/C3H8O3S.Au/c1-2-3-7(4,5)6;/h2-3H2,1H3,(H,4,5,6);. The van der Waals surface area contributed by atoms with Gasteiger partial charge < -0.3 is 0 Å². The van der Waals surface area contributed by atoms with E-state index in [1.807, 2.05) is 0 Å². The van der Waals surface area contributed by atoms with E-state index < -0.39 is 10.1 Å². The van der Waals surface area contributed by atoms with Crippen LogP contribution in [0.4, 0.5) is 0 Å². The van der Waals surface area contributed by atoms with Gasteiger partial charge in [0.05, 0.1) is 5.75 Å². The first-order valence-electron chi connectivity index (χ1n) is 2.01. The minimum absolute atomic E-state index is 0. The minimum Gasteiger partial charge on any atom is -0.286 e. The molecule has 55 valence electrons. The molecule has 0 atom stereocenters. The minimum atomic E-state index is -3.67. The average molecular weight is 321 g/mol. The second kappa shape index (κ2) is 4.52. The van der Waals surface area contributed by atoms with Gasteiger partial charge in [0.2, 0.25) is 0 Å². The zero-order valence-electron chi connectivity index (χ0n) is 4.39. The predicted octanol–water partition coefficient (Wildman–Crippen LogP) is 0.282. The van der Waals surface area contributed by atoms with Gasteiger partial charge in [-0.25, -0.2) is 0 Å². The Balaban J connectivity index is 0. The molecule has 0 unspecified atom stereocenters. The molecule has 0 aromatic carbocycles. The van der Waals surface area contributed by atoms with Crippen LogP contribution in [0.25, 0.3) is 0 Å². The van der Waals surface area contributed by atoms with Crippen molar-refractivity contribution in [1.82, 2.24) is 0 Å². The second-order valence-corrected chi connectivity index (χ2v) is 2.86. The molecular weight excluding hydrogens is 313 g/mol. The average Bonchev–Trinajstić information content (AvgIpc) is 1.30.